The molecule has 0 fully saturated rings. The Morgan fingerprint density at radius 3 is 2.20 bits per heavy atom. The van der Waals surface area contributed by atoms with Crippen molar-refractivity contribution in [2.24, 2.45) is 0 Å². The van der Waals surface area contributed by atoms with Crippen LogP contribution in [-0.4, -0.2) is 0 Å². The minimum atomic E-state index is -0.587. The van der Waals surface area contributed by atoms with Gasteiger partial charge in [0.15, 0.2) is 5.82 Å². The van der Waals surface area contributed by atoms with E-state index in [-0.39, 0.29) is 16.1 Å². The highest BCUT2D eigenvalue weighted by Crippen LogP contribution is 2.30. The molecule has 0 saturated carbocycles. The quantitative estimate of drug-likeness (QED) is 0.604. The molecule has 0 aliphatic carbocycles. The third kappa shape index (κ3) is 3.66. The fourth-order valence-corrected chi connectivity index (χ4v) is 2.71. The molecule has 106 valence electrons. The molecule has 2 rings (SSSR count). The molecule has 20 heavy (non-hydrogen) atoms. The van der Waals surface area contributed by atoms with Gasteiger partial charge in [-0.1, -0.05) is 58.2 Å². The standard InChI is InChI=1S/C15H13BrCl2FN/c1-2-14(9-3-5-10(16)6-4-9)20-11-7-12(17)15(19)13(18)8-11/h3-8,14,20H,2H2,1H3. The van der Waals surface area contributed by atoms with Gasteiger partial charge >= 0.3 is 0 Å². The van der Waals surface area contributed by atoms with Crippen molar-refractivity contribution >= 4 is 44.8 Å². The van der Waals surface area contributed by atoms with Crippen molar-refractivity contribution in [2.45, 2.75) is 19.4 Å². The third-order valence-electron chi connectivity index (χ3n) is 3.01. The van der Waals surface area contributed by atoms with Crippen LogP contribution in [0.3, 0.4) is 0 Å². The highest BCUT2D eigenvalue weighted by atomic mass is 79.9. The van der Waals surface area contributed by atoms with E-state index in [2.05, 4.69) is 28.2 Å². The fourth-order valence-electron chi connectivity index (χ4n) is 1.96. The molecule has 0 amide bonds. The number of benzene rings is 2. The number of hydrogen-bond acceptors (Lipinski definition) is 1. The second kappa shape index (κ2) is 6.79. The summed E-state index contributed by atoms with van der Waals surface area (Å²) in [5.41, 5.74) is 1.85. The molecule has 0 aliphatic heterocycles. The zero-order chi connectivity index (χ0) is 14.7. The second-order valence-electron chi connectivity index (χ2n) is 4.41. The first kappa shape index (κ1) is 15.6. The Kier molecular flexibility index (Phi) is 5.30. The average Bonchev–Trinajstić information content (AvgIpc) is 2.43. The molecule has 2 aromatic rings. The predicted octanol–water partition coefficient (Wildman–Crippen LogP) is 6.46. The van der Waals surface area contributed by atoms with Gasteiger partial charge in [-0.25, -0.2) is 4.39 Å². The van der Waals surface area contributed by atoms with Gasteiger partial charge in [0.2, 0.25) is 0 Å². The maximum absolute atomic E-state index is 13.4. The fraction of sp³-hybridized carbons (Fsp3) is 0.200. The number of rotatable bonds is 4. The molecule has 1 unspecified atom stereocenters. The van der Waals surface area contributed by atoms with Crippen LogP contribution in [0.1, 0.15) is 24.9 Å². The van der Waals surface area contributed by atoms with E-state index in [1.54, 1.807) is 12.1 Å². The average molecular weight is 377 g/mol. The zero-order valence-electron chi connectivity index (χ0n) is 10.8. The highest BCUT2D eigenvalue weighted by molar-refractivity contribution is 9.10. The van der Waals surface area contributed by atoms with Crippen LogP contribution in [0.15, 0.2) is 40.9 Å². The molecule has 0 saturated heterocycles. The van der Waals surface area contributed by atoms with Gasteiger partial charge in [0, 0.05) is 10.2 Å². The number of halogens is 4. The third-order valence-corrected chi connectivity index (χ3v) is 4.08. The normalized spacial score (nSPS) is 12.2. The lowest BCUT2D eigenvalue weighted by atomic mass is 10.0. The lowest BCUT2D eigenvalue weighted by Gasteiger charge is -2.19. The molecule has 1 nitrogen and oxygen atoms in total. The van der Waals surface area contributed by atoms with E-state index in [0.29, 0.717) is 5.69 Å². The van der Waals surface area contributed by atoms with Crippen molar-refractivity contribution in [1.29, 1.82) is 0 Å². The predicted molar refractivity (Wildman–Crippen MR) is 87.2 cm³/mol. The number of anilines is 1. The summed E-state index contributed by atoms with van der Waals surface area (Å²) in [5, 5.41) is 3.36. The van der Waals surface area contributed by atoms with E-state index in [4.69, 9.17) is 23.2 Å². The second-order valence-corrected chi connectivity index (χ2v) is 6.14. The topological polar surface area (TPSA) is 12.0 Å². The Bertz CT molecular complexity index is 578. The SMILES string of the molecule is CCC(Nc1cc(Cl)c(F)c(Cl)c1)c1ccc(Br)cc1. The molecule has 1 atom stereocenters. The molecule has 0 heterocycles. The van der Waals surface area contributed by atoms with Gasteiger partial charge in [0.1, 0.15) is 0 Å². The van der Waals surface area contributed by atoms with Gasteiger partial charge in [0.05, 0.1) is 16.1 Å². The minimum absolute atomic E-state index is 0.0191. The van der Waals surface area contributed by atoms with Gasteiger partial charge in [-0.3, -0.25) is 0 Å². The van der Waals surface area contributed by atoms with Crippen LogP contribution in [0, 0.1) is 5.82 Å². The molecular weight excluding hydrogens is 364 g/mol. The Hall–Kier alpha value is -0.770. The van der Waals surface area contributed by atoms with Gasteiger partial charge in [0.25, 0.3) is 0 Å². The van der Waals surface area contributed by atoms with E-state index in [9.17, 15) is 4.39 Å². The van der Waals surface area contributed by atoms with Crippen LogP contribution >= 0.6 is 39.1 Å². The van der Waals surface area contributed by atoms with Crippen molar-refractivity contribution in [1.82, 2.24) is 0 Å². The Labute approximate surface area is 136 Å². The van der Waals surface area contributed by atoms with Crippen molar-refractivity contribution in [2.75, 3.05) is 5.32 Å². The van der Waals surface area contributed by atoms with E-state index in [1.807, 2.05) is 24.3 Å². The molecule has 0 aromatic heterocycles. The summed E-state index contributed by atoms with van der Waals surface area (Å²) in [6, 6.07) is 11.3. The lowest BCUT2D eigenvalue weighted by molar-refractivity contribution is 0.628. The van der Waals surface area contributed by atoms with Gasteiger partial charge in [-0.2, -0.15) is 0 Å². The summed E-state index contributed by atoms with van der Waals surface area (Å²) in [4.78, 5) is 0. The summed E-state index contributed by atoms with van der Waals surface area (Å²) in [6.45, 7) is 2.08. The van der Waals surface area contributed by atoms with Crippen molar-refractivity contribution < 1.29 is 4.39 Å². The van der Waals surface area contributed by atoms with Crippen LogP contribution in [0.2, 0.25) is 10.0 Å². The van der Waals surface area contributed by atoms with Crippen LogP contribution in [0.25, 0.3) is 0 Å². The summed E-state index contributed by atoms with van der Waals surface area (Å²) < 4.78 is 14.4. The maximum atomic E-state index is 13.4. The van der Waals surface area contributed by atoms with Crippen molar-refractivity contribution in [3.63, 3.8) is 0 Å². The molecule has 5 heteroatoms. The molecule has 1 N–H and O–H groups in total. The van der Waals surface area contributed by atoms with E-state index in [0.717, 1.165) is 16.5 Å². The molecule has 0 bridgehead atoms. The first-order valence-electron chi connectivity index (χ1n) is 6.17. The zero-order valence-corrected chi connectivity index (χ0v) is 13.9. The highest BCUT2D eigenvalue weighted by Gasteiger charge is 2.12. The maximum Gasteiger partial charge on any atom is 0.160 e. The smallest absolute Gasteiger partial charge is 0.160 e. The van der Waals surface area contributed by atoms with Crippen LogP contribution < -0.4 is 5.32 Å². The summed E-state index contributed by atoms with van der Waals surface area (Å²) in [5.74, 6) is -0.587. The molecular formula is C15H13BrCl2FN. The van der Waals surface area contributed by atoms with Crippen LogP contribution in [-0.2, 0) is 0 Å². The minimum Gasteiger partial charge on any atom is -0.378 e. The summed E-state index contributed by atoms with van der Waals surface area (Å²) in [6.07, 6.45) is 0.883. The monoisotopic (exact) mass is 375 g/mol. The van der Waals surface area contributed by atoms with Crippen LogP contribution in [0.5, 0.6) is 0 Å². The number of nitrogens with one attached hydrogen (secondary N) is 1. The Morgan fingerprint density at radius 1 is 1.15 bits per heavy atom. The van der Waals surface area contributed by atoms with E-state index in [1.165, 1.54) is 0 Å². The first-order valence-corrected chi connectivity index (χ1v) is 7.72. The van der Waals surface area contributed by atoms with Gasteiger partial charge in [-0.15, -0.1) is 0 Å². The lowest BCUT2D eigenvalue weighted by Crippen LogP contribution is -2.09. The van der Waals surface area contributed by atoms with Crippen LogP contribution in [0.4, 0.5) is 10.1 Å². The first-order chi connectivity index (χ1) is 9.51. The Balaban J connectivity index is 2.24. The van der Waals surface area contributed by atoms with Gasteiger partial charge < -0.3 is 5.32 Å². The summed E-state index contributed by atoms with van der Waals surface area (Å²) in [7, 11) is 0. The van der Waals surface area contributed by atoms with Gasteiger partial charge in [-0.05, 0) is 36.2 Å². The molecule has 0 radical (unpaired) electrons. The summed E-state index contributed by atoms with van der Waals surface area (Å²) >= 11 is 15.0. The molecule has 2 aromatic carbocycles. The number of hydrogen-bond donors (Lipinski definition) is 1. The van der Waals surface area contributed by atoms with Crippen molar-refractivity contribution in [3.05, 3.63) is 62.3 Å². The largest absolute Gasteiger partial charge is 0.378 e. The Morgan fingerprint density at radius 2 is 1.70 bits per heavy atom. The molecule has 0 spiro atoms. The molecule has 0 aliphatic rings. The van der Waals surface area contributed by atoms with Crippen molar-refractivity contribution in [3.8, 4) is 0 Å². The van der Waals surface area contributed by atoms with E-state index >= 15 is 0 Å². The van der Waals surface area contributed by atoms with E-state index < -0.39 is 5.82 Å².